The molecule has 7 heteroatoms. The van der Waals surface area contributed by atoms with E-state index in [2.05, 4.69) is 24.6 Å². The standard InChI is InChI=1S/C20H27N3O4/c1-12-7-9-20(10-8-12)18(25)23(19(26)21-20)22-17(24)6-4-14-3-5-16(27-14)15-11-13(15)2/h3,5,12-13,15H,4,6-11H2,1-2H3,(H,21,26)(H,22,24)/t12?,13-,15+,20?/m1/s1. The Morgan fingerprint density at radius 1 is 1.30 bits per heavy atom. The normalized spacial score (nSPS) is 32.7. The van der Waals surface area contributed by atoms with E-state index in [-0.39, 0.29) is 18.2 Å². The lowest BCUT2D eigenvalue weighted by molar-refractivity contribution is -0.140. The van der Waals surface area contributed by atoms with Crippen LogP contribution in [-0.4, -0.2) is 28.4 Å². The summed E-state index contributed by atoms with van der Waals surface area (Å²) < 4.78 is 5.80. The second kappa shape index (κ2) is 6.69. The number of hydrogen-bond donors (Lipinski definition) is 2. The highest BCUT2D eigenvalue weighted by molar-refractivity contribution is 6.08. The molecule has 4 rings (SSSR count). The lowest BCUT2D eigenvalue weighted by Crippen LogP contribution is -2.51. The third-order valence-corrected chi connectivity index (χ3v) is 6.28. The summed E-state index contributed by atoms with van der Waals surface area (Å²) in [6, 6.07) is 3.34. The molecule has 1 aromatic heterocycles. The number of furan rings is 1. The summed E-state index contributed by atoms with van der Waals surface area (Å²) >= 11 is 0. The van der Waals surface area contributed by atoms with Crippen LogP contribution in [0.2, 0.25) is 0 Å². The van der Waals surface area contributed by atoms with E-state index in [4.69, 9.17) is 4.42 Å². The van der Waals surface area contributed by atoms with Crippen molar-refractivity contribution in [3.63, 3.8) is 0 Å². The van der Waals surface area contributed by atoms with Crippen molar-refractivity contribution in [3.8, 4) is 0 Å². The SMILES string of the molecule is CC1CCC2(CC1)NC(=O)N(NC(=O)CCc1ccc([C@H]3C[C@H]3C)o1)C2=O. The molecule has 2 aliphatic carbocycles. The monoisotopic (exact) mass is 373 g/mol. The fourth-order valence-electron chi connectivity index (χ4n) is 4.18. The zero-order chi connectivity index (χ0) is 19.2. The molecule has 3 aliphatic rings. The van der Waals surface area contributed by atoms with E-state index in [1.807, 2.05) is 12.1 Å². The van der Waals surface area contributed by atoms with Gasteiger partial charge in [-0.1, -0.05) is 13.8 Å². The van der Waals surface area contributed by atoms with Gasteiger partial charge in [-0.2, -0.15) is 5.01 Å². The molecule has 27 heavy (non-hydrogen) atoms. The van der Waals surface area contributed by atoms with Crippen molar-refractivity contribution < 1.29 is 18.8 Å². The molecule has 1 aromatic rings. The number of nitrogens with zero attached hydrogens (tertiary/aromatic N) is 1. The summed E-state index contributed by atoms with van der Waals surface area (Å²) in [5.41, 5.74) is 1.63. The van der Waals surface area contributed by atoms with E-state index < -0.39 is 11.6 Å². The minimum atomic E-state index is -0.840. The average Bonchev–Trinajstić information content (AvgIpc) is 3.11. The number of aryl methyl sites for hydroxylation is 1. The van der Waals surface area contributed by atoms with Gasteiger partial charge in [-0.05, 0) is 56.1 Å². The van der Waals surface area contributed by atoms with Gasteiger partial charge in [-0.3, -0.25) is 15.0 Å². The minimum absolute atomic E-state index is 0.161. The molecule has 1 aliphatic heterocycles. The second-order valence-electron chi connectivity index (χ2n) is 8.49. The van der Waals surface area contributed by atoms with Gasteiger partial charge >= 0.3 is 6.03 Å². The van der Waals surface area contributed by atoms with Crippen LogP contribution in [0.3, 0.4) is 0 Å². The van der Waals surface area contributed by atoms with Gasteiger partial charge in [0.05, 0.1) is 0 Å². The maximum Gasteiger partial charge on any atom is 0.344 e. The first-order chi connectivity index (χ1) is 12.9. The number of carbonyl (C=O) groups is 3. The third-order valence-electron chi connectivity index (χ3n) is 6.28. The molecule has 2 atom stereocenters. The summed E-state index contributed by atoms with van der Waals surface area (Å²) in [5.74, 6) is 2.78. The van der Waals surface area contributed by atoms with Crippen molar-refractivity contribution in [1.82, 2.24) is 15.8 Å². The Kier molecular flexibility index (Phi) is 4.48. The number of nitrogens with one attached hydrogen (secondary N) is 2. The van der Waals surface area contributed by atoms with E-state index in [1.54, 1.807) is 0 Å². The summed E-state index contributed by atoms with van der Waals surface area (Å²) in [7, 11) is 0. The van der Waals surface area contributed by atoms with Crippen molar-refractivity contribution >= 4 is 17.8 Å². The molecule has 3 fully saturated rings. The molecule has 7 nitrogen and oxygen atoms in total. The van der Waals surface area contributed by atoms with Crippen LogP contribution in [0.5, 0.6) is 0 Å². The van der Waals surface area contributed by atoms with Gasteiger partial charge in [-0.25, -0.2) is 4.79 Å². The molecule has 146 valence electrons. The Morgan fingerprint density at radius 2 is 2.00 bits per heavy atom. The van der Waals surface area contributed by atoms with Crippen molar-refractivity contribution in [2.45, 2.75) is 70.3 Å². The molecule has 2 N–H and O–H groups in total. The Hall–Kier alpha value is -2.31. The number of hydrazine groups is 1. The van der Waals surface area contributed by atoms with Crippen molar-refractivity contribution in [3.05, 3.63) is 23.7 Å². The lowest BCUT2D eigenvalue weighted by atomic mass is 9.77. The van der Waals surface area contributed by atoms with Crippen LogP contribution in [0.4, 0.5) is 4.79 Å². The number of amides is 4. The number of hydrogen-bond acceptors (Lipinski definition) is 4. The van der Waals surface area contributed by atoms with E-state index in [0.29, 0.717) is 37.0 Å². The largest absolute Gasteiger partial charge is 0.466 e. The van der Waals surface area contributed by atoms with Gasteiger partial charge in [-0.15, -0.1) is 0 Å². The molecule has 0 radical (unpaired) electrons. The molecule has 0 unspecified atom stereocenters. The molecule has 1 spiro atoms. The molecular formula is C20H27N3O4. The quantitative estimate of drug-likeness (QED) is 0.777. The number of rotatable bonds is 5. The van der Waals surface area contributed by atoms with E-state index in [9.17, 15) is 14.4 Å². The van der Waals surface area contributed by atoms with Gasteiger partial charge in [0.1, 0.15) is 17.1 Å². The number of urea groups is 1. The third kappa shape index (κ3) is 3.47. The number of imide groups is 1. The Morgan fingerprint density at radius 3 is 2.67 bits per heavy atom. The molecular weight excluding hydrogens is 346 g/mol. The van der Waals surface area contributed by atoms with Crippen molar-refractivity contribution in [1.29, 1.82) is 0 Å². The minimum Gasteiger partial charge on any atom is -0.466 e. The van der Waals surface area contributed by atoms with Gasteiger partial charge in [0.15, 0.2) is 0 Å². The van der Waals surface area contributed by atoms with E-state index in [0.717, 1.165) is 35.8 Å². The molecule has 4 amide bonds. The molecule has 1 saturated heterocycles. The van der Waals surface area contributed by atoms with Crippen LogP contribution in [0, 0.1) is 11.8 Å². The van der Waals surface area contributed by atoms with E-state index in [1.165, 1.54) is 0 Å². The maximum atomic E-state index is 12.7. The predicted octanol–water partition coefficient (Wildman–Crippen LogP) is 2.87. The zero-order valence-corrected chi connectivity index (χ0v) is 15.9. The average molecular weight is 373 g/mol. The summed E-state index contributed by atoms with van der Waals surface area (Å²) in [4.78, 5) is 37.2. The summed E-state index contributed by atoms with van der Waals surface area (Å²) in [6.45, 7) is 4.34. The van der Waals surface area contributed by atoms with Gasteiger partial charge in [0, 0.05) is 18.8 Å². The van der Waals surface area contributed by atoms with Gasteiger partial charge in [0.2, 0.25) is 5.91 Å². The topological polar surface area (TPSA) is 91.7 Å². The van der Waals surface area contributed by atoms with Crippen molar-refractivity contribution in [2.75, 3.05) is 0 Å². The highest BCUT2D eigenvalue weighted by atomic mass is 16.3. The fraction of sp³-hybridized carbons (Fsp3) is 0.650. The van der Waals surface area contributed by atoms with Crippen LogP contribution in [0.15, 0.2) is 16.5 Å². The summed E-state index contributed by atoms with van der Waals surface area (Å²) in [5, 5.41) is 3.66. The first-order valence-electron chi connectivity index (χ1n) is 9.93. The number of carbonyl (C=O) groups excluding carboxylic acids is 3. The fourth-order valence-corrected chi connectivity index (χ4v) is 4.18. The Labute approximate surface area is 158 Å². The molecule has 0 bridgehead atoms. The van der Waals surface area contributed by atoms with Gasteiger partial charge in [0.25, 0.3) is 5.91 Å². The predicted molar refractivity (Wildman–Crippen MR) is 97.4 cm³/mol. The van der Waals surface area contributed by atoms with Crippen LogP contribution < -0.4 is 10.7 Å². The zero-order valence-electron chi connectivity index (χ0n) is 15.9. The smallest absolute Gasteiger partial charge is 0.344 e. The van der Waals surface area contributed by atoms with Crippen LogP contribution in [0.25, 0.3) is 0 Å². The summed E-state index contributed by atoms with van der Waals surface area (Å²) in [6.07, 6.45) is 4.80. The molecule has 2 saturated carbocycles. The first-order valence-corrected chi connectivity index (χ1v) is 9.93. The second-order valence-corrected chi connectivity index (χ2v) is 8.49. The highest BCUT2D eigenvalue weighted by Crippen LogP contribution is 2.47. The van der Waals surface area contributed by atoms with E-state index >= 15 is 0 Å². The Balaban J connectivity index is 1.30. The lowest BCUT2D eigenvalue weighted by Gasteiger charge is -2.33. The van der Waals surface area contributed by atoms with Crippen LogP contribution in [0.1, 0.15) is 69.8 Å². The molecule has 2 heterocycles. The molecule has 0 aromatic carbocycles. The van der Waals surface area contributed by atoms with Crippen LogP contribution >= 0.6 is 0 Å². The van der Waals surface area contributed by atoms with Crippen LogP contribution in [-0.2, 0) is 16.0 Å². The maximum absolute atomic E-state index is 12.7. The highest BCUT2D eigenvalue weighted by Gasteiger charge is 2.52. The first kappa shape index (κ1) is 18.1. The van der Waals surface area contributed by atoms with Gasteiger partial charge < -0.3 is 9.73 Å². The van der Waals surface area contributed by atoms with Crippen molar-refractivity contribution in [2.24, 2.45) is 11.8 Å². The Bertz CT molecular complexity index is 763.